The maximum atomic E-state index is 12.2. The van der Waals surface area contributed by atoms with Crippen LogP contribution in [0.1, 0.15) is 36.7 Å². The summed E-state index contributed by atoms with van der Waals surface area (Å²) in [4.78, 5) is 12.2. The van der Waals surface area contributed by atoms with E-state index in [-0.39, 0.29) is 11.3 Å². The summed E-state index contributed by atoms with van der Waals surface area (Å²) in [6.45, 7) is 9.18. The van der Waals surface area contributed by atoms with Gasteiger partial charge in [-0.15, -0.1) is 0 Å². The summed E-state index contributed by atoms with van der Waals surface area (Å²) in [5.41, 5.74) is 1.80. The number of carbonyl (C=O) groups is 1. The van der Waals surface area contributed by atoms with Gasteiger partial charge >= 0.3 is 0 Å². The molecule has 0 unspecified atom stereocenters. The van der Waals surface area contributed by atoms with Crippen LogP contribution in [0.2, 0.25) is 0 Å². The molecule has 112 valence electrons. The van der Waals surface area contributed by atoms with Crippen molar-refractivity contribution in [1.29, 1.82) is 0 Å². The lowest BCUT2D eigenvalue weighted by atomic mass is 9.83. The molecule has 0 saturated carbocycles. The minimum atomic E-state index is -0.0371. The van der Waals surface area contributed by atoms with Crippen LogP contribution < -0.4 is 10.6 Å². The molecule has 1 amide bonds. The summed E-state index contributed by atoms with van der Waals surface area (Å²) in [6.07, 6.45) is 0. The third-order valence-corrected chi connectivity index (χ3v) is 3.05. The van der Waals surface area contributed by atoms with E-state index in [0.717, 1.165) is 24.2 Å². The van der Waals surface area contributed by atoms with E-state index in [0.29, 0.717) is 13.2 Å². The van der Waals surface area contributed by atoms with Gasteiger partial charge in [-0.2, -0.15) is 0 Å². The van der Waals surface area contributed by atoms with Gasteiger partial charge < -0.3 is 15.4 Å². The van der Waals surface area contributed by atoms with Crippen molar-refractivity contribution < 1.29 is 9.53 Å². The highest BCUT2D eigenvalue weighted by Gasteiger charge is 2.20. The van der Waals surface area contributed by atoms with E-state index >= 15 is 0 Å². The van der Waals surface area contributed by atoms with Crippen molar-refractivity contribution in [3.63, 3.8) is 0 Å². The van der Waals surface area contributed by atoms with Crippen LogP contribution in [0.15, 0.2) is 24.3 Å². The largest absolute Gasteiger partial charge is 0.383 e. The molecule has 4 heteroatoms. The predicted octanol–water partition coefficient (Wildman–Crippen LogP) is 1.95. The van der Waals surface area contributed by atoms with Crippen LogP contribution in [0.3, 0.4) is 0 Å². The smallest absolute Gasteiger partial charge is 0.251 e. The monoisotopic (exact) mass is 278 g/mol. The van der Waals surface area contributed by atoms with Crippen LogP contribution in [0.4, 0.5) is 0 Å². The SMILES string of the molecule is COCCNCCNC(=O)c1ccccc1C(C)(C)C. The lowest BCUT2D eigenvalue weighted by Crippen LogP contribution is -2.34. The van der Waals surface area contributed by atoms with Crippen molar-refractivity contribution in [2.24, 2.45) is 0 Å². The number of hydrogen-bond donors (Lipinski definition) is 2. The Labute approximate surface area is 121 Å². The Bertz CT molecular complexity index is 425. The number of amides is 1. The fraction of sp³-hybridized carbons (Fsp3) is 0.562. The van der Waals surface area contributed by atoms with E-state index < -0.39 is 0 Å². The Morgan fingerprint density at radius 1 is 1.15 bits per heavy atom. The average Bonchev–Trinajstić information content (AvgIpc) is 2.41. The molecule has 0 heterocycles. The highest BCUT2D eigenvalue weighted by molar-refractivity contribution is 5.96. The third kappa shape index (κ3) is 5.31. The first-order chi connectivity index (χ1) is 9.46. The summed E-state index contributed by atoms with van der Waals surface area (Å²) in [5, 5.41) is 6.14. The Balaban J connectivity index is 2.52. The number of methoxy groups -OCH3 is 1. The number of nitrogens with one attached hydrogen (secondary N) is 2. The van der Waals surface area contributed by atoms with Gasteiger partial charge in [-0.3, -0.25) is 4.79 Å². The van der Waals surface area contributed by atoms with Gasteiger partial charge in [0.05, 0.1) is 6.61 Å². The molecule has 20 heavy (non-hydrogen) atoms. The maximum absolute atomic E-state index is 12.2. The molecule has 4 nitrogen and oxygen atoms in total. The second-order valence-electron chi connectivity index (χ2n) is 5.79. The van der Waals surface area contributed by atoms with Crippen molar-refractivity contribution in [2.75, 3.05) is 33.4 Å². The standard InChI is InChI=1S/C16H26N2O2/c1-16(2,3)14-8-6-5-7-13(14)15(19)18-10-9-17-11-12-20-4/h5-8,17H,9-12H2,1-4H3,(H,18,19). The van der Waals surface area contributed by atoms with Crippen LogP contribution >= 0.6 is 0 Å². The number of rotatable bonds is 7. The zero-order valence-electron chi connectivity index (χ0n) is 13.0. The molecule has 0 fully saturated rings. The summed E-state index contributed by atoms with van der Waals surface area (Å²) in [7, 11) is 1.67. The van der Waals surface area contributed by atoms with E-state index in [2.05, 4.69) is 31.4 Å². The molecular formula is C16H26N2O2. The van der Waals surface area contributed by atoms with Gasteiger partial charge in [0.25, 0.3) is 5.91 Å². The number of carbonyl (C=O) groups excluding carboxylic acids is 1. The van der Waals surface area contributed by atoms with Gasteiger partial charge in [0.1, 0.15) is 0 Å². The van der Waals surface area contributed by atoms with Crippen LogP contribution in [-0.2, 0) is 10.2 Å². The number of hydrogen-bond acceptors (Lipinski definition) is 3. The number of benzene rings is 1. The molecule has 0 atom stereocenters. The van der Waals surface area contributed by atoms with Crippen molar-refractivity contribution >= 4 is 5.91 Å². The second-order valence-corrected chi connectivity index (χ2v) is 5.79. The molecule has 0 saturated heterocycles. The normalized spacial score (nSPS) is 11.4. The average molecular weight is 278 g/mol. The summed E-state index contributed by atoms with van der Waals surface area (Å²) in [6, 6.07) is 7.78. The molecule has 0 aromatic heterocycles. The lowest BCUT2D eigenvalue weighted by molar-refractivity contribution is 0.0951. The first kappa shape index (κ1) is 16.7. The molecule has 0 radical (unpaired) electrons. The van der Waals surface area contributed by atoms with Crippen molar-refractivity contribution in [2.45, 2.75) is 26.2 Å². The Morgan fingerprint density at radius 2 is 1.85 bits per heavy atom. The summed E-state index contributed by atoms with van der Waals surface area (Å²) in [5.74, 6) is -0.0101. The fourth-order valence-corrected chi connectivity index (χ4v) is 1.99. The van der Waals surface area contributed by atoms with Crippen LogP contribution in [0.5, 0.6) is 0 Å². The zero-order chi connectivity index (χ0) is 15.0. The van der Waals surface area contributed by atoms with E-state index in [1.54, 1.807) is 7.11 Å². The number of ether oxygens (including phenoxy) is 1. The van der Waals surface area contributed by atoms with Crippen molar-refractivity contribution in [3.8, 4) is 0 Å². The molecule has 0 aliphatic carbocycles. The summed E-state index contributed by atoms with van der Waals surface area (Å²) < 4.78 is 4.94. The highest BCUT2D eigenvalue weighted by Crippen LogP contribution is 2.25. The van der Waals surface area contributed by atoms with Gasteiger partial charge in [0.2, 0.25) is 0 Å². The van der Waals surface area contributed by atoms with Crippen LogP contribution in [-0.4, -0.2) is 39.3 Å². The lowest BCUT2D eigenvalue weighted by Gasteiger charge is -2.22. The fourth-order valence-electron chi connectivity index (χ4n) is 1.99. The Hall–Kier alpha value is -1.39. The molecule has 0 bridgehead atoms. The van der Waals surface area contributed by atoms with Gasteiger partial charge in [-0.1, -0.05) is 39.0 Å². The molecule has 0 aliphatic rings. The molecule has 1 aromatic carbocycles. The minimum absolute atomic E-state index is 0.0101. The van der Waals surface area contributed by atoms with Crippen LogP contribution in [0.25, 0.3) is 0 Å². The van der Waals surface area contributed by atoms with E-state index in [9.17, 15) is 4.79 Å². The minimum Gasteiger partial charge on any atom is -0.383 e. The quantitative estimate of drug-likeness (QED) is 0.750. The molecule has 0 spiro atoms. The van der Waals surface area contributed by atoms with E-state index in [4.69, 9.17) is 4.74 Å². The van der Waals surface area contributed by atoms with Gasteiger partial charge in [-0.05, 0) is 17.0 Å². The molecule has 1 aromatic rings. The molecule has 0 aliphatic heterocycles. The first-order valence-corrected chi connectivity index (χ1v) is 7.04. The Kier molecular flexibility index (Phi) is 6.68. The first-order valence-electron chi connectivity index (χ1n) is 7.04. The summed E-state index contributed by atoms with van der Waals surface area (Å²) >= 11 is 0. The van der Waals surface area contributed by atoms with Gasteiger partial charge in [-0.25, -0.2) is 0 Å². The van der Waals surface area contributed by atoms with Crippen molar-refractivity contribution in [3.05, 3.63) is 35.4 Å². The molecule has 2 N–H and O–H groups in total. The maximum Gasteiger partial charge on any atom is 0.251 e. The van der Waals surface area contributed by atoms with Gasteiger partial charge in [0.15, 0.2) is 0 Å². The predicted molar refractivity (Wildman–Crippen MR) is 82.2 cm³/mol. The zero-order valence-corrected chi connectivity index (χ0v) is 13.0. The van der Waals surface area contributed by atoms with E-state index in [1.165, 1.54) is 0 Å². The van der Waals surface area contributed by atoms with E-state index in [1.807, 2.05) is 24.3 Å². The Morgan fingerprint density at radius 3 is 2.50 bits per heavy atom. The highest BCUT2D eigenvalue weighted by atomic mass is 16.5. The third-order valence-electron chi connectivity index (χ3n) is 3.05. The molecular weight excluding hydrogens is 252 g/mol. The van der Waals surface area contributed by atoms with Crippen molar-refractivity contribution in [1.82, 2.24) is 10.6 Å². The molecule has 1 rings (SSSR count). The van der Waals surface area contributed by atoms with Crippen LogP contribution in [0, 0.1) is 0 Å². The second kappa shape index (κ2) is 8.02. The van der Waals surface area contributed by atoms with Gasteiger partial charge in [0, 0.05) is 32.3 Å². The topological polar surface area (TPSA) is 50.4 Å².